The quantitative estimate of drug-likeness (QED) is 0.0722. The predicted molar refractivity (Wildman–Crippen MR) is 197 cm³/mol. The Morgan fingerprint density at radius 2 is 1.17 bits per heavy atom. The van der Waals surface area contributed by atoms with Gasteiger partial charge in [0.05, 0.1) is 9.79 Å². The van der Waals surface area contributed by atoms with Crippen LogP contribution in [-0.2, 0) is 20.0 Å². The van der Waals surface area contributed by atoms with E-state index in [0.717, 1.165) is 27.8 Å². The molecular formula is C36H41F6N2NaO4S4. The SMILES string of the molecule is Cc1cc(C)c(S(=O)(=O)N2CC2C(F)(F)F)c(C)c1.Cc1cc(C)c(S(=O)(=O)NC(CSc2ccccc2)C(F)(F)F)c(C)c1.Sc1ccccc1.[H-].[Na+]. The maximum Gasteiger partial charge on any atom is 1.00 e. The van der Waals surface area contributed by atoms with E-state index in [2.05, 4.69) is 12.6 Å². The van der Waals surface area contributed by atoms with E-state index in [-0.39, 0.29) is 40.8 Å². The second-order valence-corrected chi connectivity index (χ2v) is 17.4. The van der Waals surface area contributed by atoms with Gasteiger partial charge in [-0.25, -0.2) is 16.8 Å². The monoisotopic (exact) mass is 830 g/mol. The third kappa shape index (κ3) is 13.6. The molecule has 286 valence electrons. The summed E-state index contributed by atoms with van der Waals surface area (Å²) >= 11 is 5.04. The molecule has 3 unspecified atom stereocenters. The Kier molecular flexibility index (Phi) is 17.1. The summed E-state index contributed by atoms with van der Waals surface area (Å²) in [7, 11) is -8.37. The summed E-state index contributed by atoms with van der Waals surface area (Å²) in [5.41, 5.74) is 3.53. The molecule has 1 heterocycles. The number of hydrogen-bond acceptors (Lipinski definition) is 6. The van der Waals surface area contributed by atoms with Crippen LogP contribution in [0, 0.1) is 41.5 Å². The molecule has 1 aliphatic heterocycles. The van der Waals surface area contributed by atoms with Crippen molar-refractivity contribution in [2.24, 2.45) is 0 Å². The van der Waals surface area contributed by atoms with Crippen LogP contribution < -0.4 is 34.3 Å². The minimum atomic E-state index is -4.69. The van der Waals surface area contributed by atoms with Crippen LogP contribution in [0.4, 0.5) is 26.3 Å². The summed E-state index contributed by atoms with van der Waals surface area (Å²) in [5, 5.41) is 0. The third-order valence-corrected chi connectivity index (χ3v) is 13.0. The third-order valence-electron chi connectivity index (χ3n) is 7.60. The van der Waals surface area contributed by atoms with Crippen LogP contribution in [-0.4, -0.2) is 57.9 Å². The summed E-state index contributed by atoms with van der Waals surface area (Å²) in [6, 6.07) is 20.9. The first-order chi connectivity index (χ1) is 23.9. The van der Waals surface area contributed by atoms with Crippen molar-refractivity contribution in [2.75, 3.05) is 12.3 Å². The van der Waals surface area contributed by atoms with Crippen LogP contribution in [0.15, 0.2) is 105 Å². The summed E-state index contributed by atoms with van der Waals surface area (Å²) < 4.78 is 130. The molecule has 1 saturated heterocycles. The van der Waals surface area contributed by atoms with Crippen molar-refractivity contribution >= 4 is 44.4 Å². The number of sulfonamides is 2. The van der Waals surface area contributed by atoms with E-state index >= 15 is 0 Å². The average molecular weight is 831 g/mol. The summed E-state index contributed by atoms with van der Waals surface area (Å²) in [4.78, 5) is 1.55. The second-order valence-electron chi connectivity index (χ2n) is 12.3. The van der Waals surface area contributed by atoms with E-state index in [1.807, 2.05) is 42.0 Å². The fourth-order valence-corrected chi connectivity index (χ4v) is 10.4. The smallest absolute Gasteiger partial charge is 1.00 e. The first kappa shape index (κ1) is 47.1. The van der Waals surface area contributed by atoms with Crippen LogP contribution in [0.5, 0.6) is 0 Å². The second kappa shape index (κ2) is 19.2. The van der Waals surface area contributed by atoms with Gasteiger partial charge in [-0.15, -0.1) is 24.4 Å². The molecule has 0 saturated carbocycles. The zero-order valence-corrected chi connectivity index (χ0v) is 35.5. The first-order valence-electron chi connectivity index (χ1n) is 15.7. The number of aryl methyl sites for hydroxylation is 6. The van der Waals surface area contributed by atoms with Crippen LogP contribution in [0.2, 0.25) is 0 Å². The van der Waals surface area contributed by atoms with Crippen LogP contribution in [0.3, 0.4) is 0 Å². The Morgan fingerprint density at radius 3 is 1.53 bits per heavy atom. The van der Waals surface area contributed by atoms with E-state index < -0.39 is 56.8 Å². The van der Waals surface area contributed by atoms with Gasteiger partial charge in [0.2, 0.25) is 20.0 Å². The molecule has 5 rings (SSSR count). The van der Waals surface area contributed by atoms with E-state index in [4.69, 9.17) is 0 Å². The number of nitrogens with one attached hydrogen (secondary N) is 1. The topological polar surface area (TPSA) is 83.3 Å². The zero-order chi connectivity index (χ0) is 39.2. The molecule has 0 radical (unpaired) electrons. The van der Waals surface area contributed by atoms with E-state index in [1.165, 1.54) is 0 Å². The molecule has 17 heteroatoms. The zero-order valence-electron chi connectivity index (χ0n) is 31.2. The van der Waals surface area contributed by atoms with Crippen molar-refractivity contribution in [2.45, 2.75) is 85.6 Å². The van der Waals surface area contributed by atoms with Gasteiger partial charge in [-0.2, -0.15) is 35.4 Å². The number of halogens is 6. The molecule has 1 fully saturated rings. The largest absolute Gasteiger partial charge is 1.00 e. The Morgan fingerprint density at radius 1 is 0.755 bits per heavy atom. The average Bonchev–Trinajstić information content (AvgIpc) is 3.82. The van der Waals surface area contributed by atoms with Crippen LogP contribution >= 0.6 is 24.4 Å². The van der Waals surface area contributed by atoms with Crippen LogP contribution in [0.25, 0.3) is 0 Å². The fraction of sp³-hybridized carbons (Fsp3) is 0.333. The molecule has 4 aromatic rings. The van der Waals surface area contributed by atoms with Crippen LogP contribution in [0.1, 0.15) is 34.8 Å². The summed E-state index contributed by atoms with van der Waals surface area (Å²) in [6.45, 7) is 9.48. The van der Waals surface area contributed by atoms with Gasteiger partial charge in [0, 0.05) is 22.1 Å². The molecule has 0 aliphatic carbocycles. The number of hydrogen-bond donors (Lipinski definition) is 2. The number of thioether (sulfide) groups is 1. The molecular weight excluding hydrogens is 790 g/mol. The molecule has 4 aromatic carbocycles. The standard InChI is InChI=1S/C18H20F3NO2S2.C12H14F3NO2S.C6H6S.Na.H/c1-12-9-13(2)17(14(3)10-12)26(23,24)22-16(18(19,20)21)11-25-15-7-5-4-6-8-15;1-7-4-8(2)11(9(3)5-7)19(17,18)16-6-10(16)12(13,14)15;7-6-4-2-1-3-5-6;;/h4-10,16,22H,11H2,1-3H3;4-5,10H,6H2,1-3H3;1-5,7H;;/q;;;+1;-1. The normalized spacial score (nSPS) is 16.2. The minimum Gasteiger partial charge on any atom is -1.00 e. The number of benzene rings is 4. The van der Waals surface area contributed by atoms with Gasteiger partial charge in [0.15, 0.2) is 0 Å². The Labute approximate surface area is 341 Å². The molecule has 1 aliphatic rings. The van der Waals surface area contributed by atoms with Gasteiger partial charge >= 0.3 is 41.9 Å². The van der Waals surface area contributed by atoms with Gasteiger partial charge in [-0.3, -0.25) is 0 Å². The predicted octanol–water partition coefficient (Wildman–Crippen LogP) is 6.25. The van der Waals surface area contributed by atoms with Crippen molar-refractivity contribution in [3.05, 3.63) is 118 Å². The van der Waals surface area contributed by atoms with Crippen molar-refractivity contribution in [1.29, 1.82) is 0 Å². The minimum absolute atomic E-state index is 0. The van der Waals surface area contributed by atoms with E-state index in [0.29, 0.717) is 31.5 Å². The molecule has 3 atom stereocenters. The molecule has 0 bridgehead atoms. The van der Waals surface area contributed by atoms with Gasteiger partial charge in [0.1, 0.15) is 12.1 Å². The van der Waals surface area contributed by atoms with Gasteiger partial charge in [-0.05, 0) is 88.1 Å². The number of rotatable bonds is 8. The van der Waals surface area contributed by atoms with Gasteiger partial charge < -0.3 is 1.43 Å². The molecule has 0 amide bonds. The molecule has 1 N–H and O–H groups in total. The van der Waals surface area contributed by atoms with Crippen molar-refractivity contribution in [1.82, 2.24) is 9.03 Å². The molecule has 0 aromatic heterocycles. The van der Waals surface area contributed by atoms with Gasteiger partial charge in [0.25, 0.3) is 0 Å². The summed E-state index contributed by atoms with van der Waals surface area (Å²) in [6.07, 6.45) is -9.19. The van der Waals surface area contributed by atoms with Crippen molar-refractivity contribution < 1.29 is 74.2 Å². The number of thiol groups is 1. The Balaban J connectivity index is 0.000000455. The maximum absolute atomic E-state index is 13.4. The van der Waals surface area contributed by atoms with Crippen molar-refractivity contribution in [3.63, 3.8) is 0 Å². The van der Waals surface area contributed by atoms with Crippen molar-refractivity contribution in [3.8, 4) is 0 Å². The summed E-state index contributed by atoms with van der Waals surface area (Å²) in [5.74, 6) is -0.448. The Hall–Kier alpha value is -2.02. The Bertz CT molecular complexity index is 2010. The van der Waals surface area contributed by atoms with E-state index in [9.17, 15) is 43.2 Å². The van der Waals surface area contributed by atoms with E-state index in [1.54, 1.807) is 89.2 Å². The number of nitrogens with zero attached hydrogens (tertiary/aromatic N) is 1. The number of alkyl halides is 6. The molecule has 53 heavy (non-hydrogen) atoms. The van der Waals surface area contributed by atoms with Gasteiger partial charge in [-0.1, -0.05) is 71.8 Å². The fourth-order valence-electron chi connectivity index (χ4n) is 5.50. The first-order valence-corrected chi connectivity index (χ1v) is 20.1. The maximum atomic E-state index is 13.4. The molecule has 6 nitrogen and oxygen atoms in total. The molecule has 0 spiro atoms.